The van der Waals surface area contributed by atoms with E-state index in [1.165, 1.54) is 11.8 Å². The number of thioether (sulfide) groups is 1. The molecule has 1 aliphatic rings. The molecule has 0 radical (unpaired) electrons. The molecule has 7 nitrogen and oxygen atoms in total. The van der Waals surface area contributed by atoms with Crippen molar-refractivity contribution in [3.05, 3.63) is 60.2 Å². The van der Waals surface area contributed by atoms with Crippen LogP contribution in [0.4, 0.5) is 0 Å². The molecule has 1 aromatic heterocycles. The van der Waals surface area contributed by atoms with Crippen LogP contribution in [0.1, 0.15) is 18.9 Å². The summed E-state index contributed by atoms with van der Waals surface area (Å²) in [5, 5.41) is 9.00. The lowest BCUT2D eigenvalue weighted by Crippen LogP contribution is -2.41. The van der Waals surface area contributed by atoms with Gasteiger partial charge in [-0.25, -0.2) is 8.42 Å². The number of aryl methyl sites for hydroxylation is 1. The molecule has 4 rings (SSSR count). The fourth-order valence-corrected chi connectivity index (χ4v) is 6.55. The lowest BCUT2D eigenvalue weighted by molar-refractivity contribution is -0.130. The number of rotatable bonds is 6. The molecule has 2 aromatic carbocycles. The summed E-state index contributed by atoms with van der Waals surface area (Å²) in [6.07, 6.45) is 0.486. The second kappa shape index (κ2) is 9.07. The molecule has 9 heteroatoms. The van der Waals surface area contributed by atoms with Gasteiger partial charge in [-0.3, -0.25) is 9.36 Å². The zero-order chi connectivity index (χ0) is 22.9. The number of hydrogen-bond acceptors (Lipinski definition) is 6. The highest BCUT2D eigenvalue weighted by Crippen LogP contribution is 2.31. The van der Waals surface area contributed by atoms with Crippen molar-refractivity contribution in [2.24, 2.45) is 0 Å². The van der Waals surface area contributed by atoms with Gasteiger partial charge in [0.2, 0.25) is 5.91 Å². The Bertz CT molecular complexity index is 1210. The molecular weight excluding hydrogens is 444 g/mol. The van der Waals surface area contributed by atoms with Gasteiger partial charge >= 0.3 is 0 Å². The van der Waals surface area contributed by atoms with Crippen LogP contribution in [0, 0.1) is 6.92 Å². The van der Waals surface area contributed by atoms with Gasteiger partial charge in [0.1, 0.15) is 0 Å². The van der Waals surface area contributed by atoms with Gasteiger partial charge in [0, 0.05) is 24.3 Å². The molecule has 2 atom stereocenters. The van der Waals surface area contributed by atoms with Crippen LogP contribution in [0.25, 0.3) is 17.1 Å². The topological polar surface area (TPSA) is 85.2 Å². The summed E-state index contributed by atoms with van der Waals surface area (Å²) in [5.41, 5.74) is 2.99. The second-order valence-electron chi connectivity index (χ2n) is 8.11. The van der Waals surface area contributed by atoms with Crippen molar-refractivity contribution >= 4 is 27.5 Å². The standard InChI is InChI=1S/C23H26N4O3S2/c1-16-9-11-19(12-10-16)27-21(18-7-5-4-6-8-18)24-25-23(27)31-17(2)22(28)26(3)20-13-14-32(29,30)15-20/h4-12,17,20H,13-15H2,1-3H3. The lowest BCUT2D eigenvalue weighted by atomic mass is 10.2. The molecule has 2 unspecified atom stereocenters. The number of aromatic nitrogens is 3. The third-order valence-electron chi connectivity index (χ3n) is 5.69. The van der Waals surface area contributed by atoms with E-state index in [1.54, 1.807) is 11.9 Å². The van der Waals surface area contributed by atoms with Crippen molar-refractivity contribution in [2.45, 2.75) is 36.7 Å². The molecule has 1 fully saturated rings. The molecule has 1 amide bonds. The average molecular weight is 471 g/mol. The number of carbonyl (C=O) groups excluding carboxylic acids is 1. The minimum Gasteiger partial charge on any atom is -0.341 e. The van der Waals surface area contributed by atoms with E-state index in [0.717, 1.165) is 16.8 Å². The maximum atomic E-state index is 13.1. The van der Waals surface area contributed by atoms with Gasteiger partial charge in [0.25, 0.3) is 0 Å². The smallest absolute Gasteiger partial charge is 0.235 e. The zero-order valence-electron chi connectivity index (χ0n) is 18.3. The van der Waals surface area contributed by atoms with E-state index in [2.05, 4.69) is 10.2 Å². The normalized spacial score (nSPS) is 18.4. The van der Waals surface area contributed by atoms with E-state index < -0.39 is 15.1 Å². The monoisotopic (exact) mass is 470 g/mol. The lowest BCUT2D eigenvalue weighted by Gasteiger charge is -2.26. The number of sulfone groups is 1. The van der Waals surface area contributed by atoms with E-state index in [9.17, 15) is 13.2 Å². The number of carbonyl (C=O) groups is 1. The van der Waals surface area contributed by atoms with Gasteiger partial charge in [-0.15, -0.1) is 10.2 Å². The second-order valence-corrected chi connectivity index (χ2v) is 11.6. The SMILES string of the molecule is Cc1ccc(-n2c(SC(C)C(=O)N(C)C3CCS(=O)(=O)C3)nnc2-c2ccccc2)cc1. The molecule has 0 N–H and O–H groups in total. The van der Waals surface area contributed by atoms with Gasteiger partial charge in [-0.1, -0.05) is 59.8 Å². The Kier molecular flexibility index (Phi) is 6.39. The highest BCUT2D eigenvalue weighted by molar-refractivity contribution is 8.00. The molecule has 168 valence electrons. The van der Waals surface area contributed by atoms with Gasteiger partial charge < -0.3 is 4.90 Å². The fourth-order valence-electron chi connectivity index (χ4n) is 3.80. The highest BCUT2D eigenvalue weighted by atomic mass is 32.2. The number of hydrogen-bond donors (Lipinski definition) is 0. The van der Waals surface area contributed by atoms with Gasteiger partial charge in [-0.05, 0) is 32.4 Å². The quantitative estimate of drug-likeness (QED) is 0.514. The van der Waals surface area contributed by atoms with Crippen LogP contribution < -0.4 is 0 Å². The summed E-state index contributed by atoms with van der Waals surface area (Å²) < 4.78 is 25.6. The Morgan fingerprint density at radius 3 is 2.44 bits per heavy atom. The Balaban J connectivity index is 1.62. The van der Waals surface area contributed by atoms with Crippen molar-refractivity contribution in [1.29, 1.82) is 0 Å². The molecule has 1 aliphatic heterocycles. The van der Waals surface area contributed by atoms with E-state index in [-0.39, 0.29) is 23.5 Å². The van der Waals surface area contributed by atoms with E-state index in [0.29, 0.717) is 17.4 Å². The van der Waals surface area contributed by atoms with E-state index in [4.69, 9.17) is 0 Å². The van der Waals surface area contributed by atoms with Gasteiger partial charge in [0.05, 0.1) is 16.8 Å². The van der Waals surface area contributed by atoms with Crippen LogP contribution in [-0.2, 0) is 14.6 Å². The molecule has 0 aliphatic carbocycles. The van der Waals surface area contributed by atoms with Crippen molar-refractivity contribution in [3.63, 3.8) is 0 Å². The minimum atomic E-state index is -3.06. The number of nitrogens with zero attached hydrogens (tertiary/aromatic N) is 4. The average Bonchev–Trinajstić information content (AvgIpc) is 3.36. The number of benzene rings is 2. The summed E-state index contributed by atoms with van der Waals surface area (Å²) in [5.74, 6) is 0.757. The highest BCUT2D eigenvalue weighted by Gasteiger charge is 2.34. The Labute approximate surface area is 192 Å². The predicted octanol–water partition coefficient (Wildman–Crippen LogP) is 3.37. The summed E-state index contributed by atoms with van der Waals surface area (Å²) in [6, 6.07) is 17.6. The van der Waals surface area contributed by atoms with Gasteiger partial charge in [-0.2, -0.15) is 0 Å². The maximum absolute atomic E-state index is 13.1. The molecule has 1 saturated heterocycles. The summed E-state index contributed by atoms with van der Waals surface area (Å²) in [4.78, 5) is 14.6. The molecule has 32 heavy (non-hydrogen) atoms. The molecule has 0 spiro atoms. The summed E-state index contributed by atoms with van der Waals surface area (Å²) in [6.45, 7) is 3.85. The van der Waals surface area contributed by atoms with Crippen LogP contribution in [-0.4, -0.2) is 63.8 Å². The van der Waals surface area contributed by atoms with Crippen LogP contribution in [0.5, 0.6) is 0 Å². The van der Waals surface area contributed by atoms with Crippen molar-refractivity contribution in [1.82, 2.24) is 19.7 Å². The van der Waals surface area contributed by atoms with E-state index in [1.807, 2.05) is 73.0 Å². The largest absolute Gasteiger partial charge is 0.341 e. The first-order valence-corrected chi connectivity index (χ1v) is 13.2. The molecule has 3 aromatic rings. The molecular formula is C23H26N4O3S2. The summed E-state index contributed by atoms with van der Waals surface area (Å²) in [7, 11) is -1.37. The third-order valence-corrected chi connectivity index (χ3v) is 8.47. The Hall–Kier alpha value is -2.65. The van der Waals surface area contributed by atoms with Crippen LogP contribution >= 0.6 is 11.8 Å². The van der Waals surface area contributed by atoms with E-state index >= 15 is 0 Å². The Morgan fingerprint density at radius 1 is 1.12 bits per heavy atom. The van der Waals surface area contributed by atoms with Crippen molar-refractivity contribution < 1.29 is 13.2 Å². The van der Waals surface area contributed by atoms with Crippen LogP contribution in [0.15, 0.2) is 59.8 Å². The first-order chi connectivity index (χ1) is 15.2. The molecule has 2 heterocycles. The first kappa shape index (κ1) is 22.5. The zero-order valence-corrected chi connectivity index (χ0v) is 19.9. The van der Waals surface area contributed by atoms with Crippen LogP contribution in [0.2, 0.25) is 0 Å². The Morgan fingerprint density at radius 2 is 1.81 bits per heavy atom. The maximum Gasteiger partial charge on any atom is 0.235 e. The summed E-state index contributed by atoms with van der Waals surface area (Å²) >= 11 is 1.33. The predicted molar refractivity (Wildman–Crippen MR) is 127 cm³/mol. The molecule has 0 bridgehead atoms. The fraction of sp³-hybridized carbons (Fsp3) is 0.348. The molecule has 0 saturated carbocycles. The van der Waals surface area contributed by atoms with Crippen molar-refractivity contribution in [2.75, 3.05) is 18.6 Å². The van der Waals surface area contributed by atoms with Gasteiger partial charge in [0.15, 0.2) is 20.8 Å². The first-order valence-electron chi connectivity index (χ1n) is 10.5. The minimum absolute atomic E-state index is 0.0321. The third kappa shape index (κ3) is 4.73. The van der Waals surface area contributed by atoms with Crippen molar-refractivity contribution in [3.8, 4) is 17.1 Å². The number of amides is 1. The van der Waals surface area contributed by atoms with Crippen LogP contribution in [0.3, 0.4) is 0 Å².